The molecule has 0 aromatic heterocycles. The van der Waals surface area contributed by atoms with E-state index < -0.39 is 0 Å². The minimum Gasteiger partial charge on any atom is -0.496 e. The average Bonchev–Trinajstić information content (AvgIpc) is 2.57. The van der Waals surface area contributed by atoms with Gasteiger partial charge in [-0.05, 0) is 0 Å². The van der Waals surface area contributed by atoms with Crippen LogP contribution in [0.2, 0.25) is 0 Å². The fraction of sp³-hybridized carbons (Fsp3) is 0.647. The maximum Gasteiger partial charge on any atom is 0.129 e. The van der Waals surface area contributed by atoms with Crippen molar-refractivity contribution in [1.29, 1.82) is 0 Å². The molecule has 0 spiro atoms. The van der Waals surface area contributed by atoms with E-state index in [9.17, 15) is 0 Å². The Bertz CT molecular complexity index is 403. The maximum atomic E-state index is 5.65. The number of para-hydroxylation sites is 1. The van der Waals surface area contributed by atoms with Crippen molar-refractivity contribution in [3.05, 3.63) is 29.3 Å². The molecule has 0 atom stereocenters. The smallest absolute Gasteiger partial charge is 0.129 e. The molecule has 6 nitrogen and oxygen atoms in total. The van der Waals surface area contributed by atoms with Crippen LogP contribution in [0.3, 0.4) is 0 Å². The largest absolute Gasteiger partial charge is 0.496 e. The van der Waals surface area contributed by atoms with E-state index in [0.29, 0.717) is 66.1 Å². The molecule has 0 radical (unpaired) electrons. The lowest BCUT2D eigenvalue weighted by atomic mass is 10.1. The number of fused-ring (bicyclic) bond motifs is 2. The van der Waals surface area contributed by atoms with E-state index >= 15 is 0 Å². The van der Waals surface area contributed by atoms with Crippen LogP contribution in [0, 0.1) is 0 Å². The Hall–Kier alpha value is -1.18. The molecule has 1 aliphatic heterocycles. The molecule has 0 aliphatic carbocycles. The highest BCUT2D eigenvalue weighted by atomic mass is 16.6. The van der Waals surface area contributed by atoms with Gasteiger partial charge in [0.25, 0.3) is 0 Å². The number of ether oxygens (including phenoxy) is 6. The first kappa shape index (κ1) is 18.2. The summed E-state index contributed by atoms with van der Waals surface area (Å²) in [5, 5.41) is 0. The third-order valence-electron chi connectivity index (χ3n) is 3.39. The van der Waals surface area contributed by atoms with Crippen molar-refractivity contribution in [3.63, 3.8) is 0 Å². The molecule has 0 N–H and O–H groups in total. The Balaban J connectivity index is 1.92. The molecule has 0 amide bonds. The van der Waals surface area contributed by atoms with Crippen molar-refractivity contribution in [1.82, 2.24) is 0 Å². The average molecular weight is 326 g/mol. The molecule has 1 aromatic carbocycles. The minimum absolute atomic E-state index is 0.486. The highest BCUT2D eigenvalue weighted by Crippen LogP contribution is 2.25. The summed E-state index contributed by atoms with van der Waals surface area (Å²) in [6.07, 6.45) is 0. The summed E-state index contributed by atoms with van der Waals surface area (Å²) in [5.41, 5.74) is 2.02. The summed E-state index contributed by atoms with van der Waals surface area (Å²) in [4.78, 5) is 0. The first-order valence-electron chi connectivity index (χ1n) is 7.95. The Labute approximate surface area is 137 Å². The quantitative estimate of drug-likeness (QED) is 0.784. The van der Waals surface area contributed by atoms with Crippen molar-refractivity contribution in [2.75, 3.05) is 60.0 Å². The Morgan fingerprint density at radius 1 is 0.652 bits per heavy atom. The molecule has 2 bridgehead atoms. The van der Waals surface area contributed by atoms with Gasteiger partial charge in [-0.2, -0.15) is 0 Å². The van der Waals surface area contributed by atoms with Gasteiger partial charge in [0, 0.05) is 11.1 Å². The molecule has 0 saturated carbocycles. The van der Waals surface area contributed by atoms with Crippen molar-refractivity contribution in [2.24, 2.45) is 0 Å². The van der Waals surface area contributed by atoms with E-state index in [1.165, 1.54) is 0 Å². The van der Waals surface area contributed by atoms with E-state index in [0.717, 1.165) is 16.9 Å². The summed E-state index contributed by atoms with van der Waals surface area (Å²) >= 11 is 0. The topological polar surface area (TPSA) is 55.4 Å². The second kappa shape index (κ2) is 11.4. The molecule has 23 heavy (non-hydrogen) atoms. The highest BCUT2D eigenvalue weighted by Gasteiger charge is 2.09. The van der Waals surface area contributed by atoms with Crippen LogP contribution < -0.4 is 4.74 Å². The molecular weight excluding hydrogens is 300 g/mol. The lowest BCUT2D eigenvalue weighted by molar-refractivity contribution is -0.0148. The van der Waals surface area contributed by atoms with Crippen molar-refractivity contribution in [3.8, 4) is 5.75 Å². The first-order valence-corrected chi connectivity index (χ1v) is 7.95. The summed E-state index contributed by atoms with van der Waals surface area (Å²) in [7, 11) is 1.67. The van der Waals surface area contributed by atoms with Gasteiger partial charge in [-0.3, -0.25) is 0 Å². The zero-order chi connectivity index (χ0) is 16.2. The number of benzene rings is 1. The van der Waals surface area contributed by atoms with Gasteiger partial charge in [0.2, 0.25) is 0 Å². The lowest BCUT2D eigenvalue weighted by Crippen LogP contribution is -2.14. The van der Waals surface area contributed by atoms with Gasteiger partial charge in [-0.25, -0.2) is 0 Å². The van der Waals surface area contributed by atoms with Crippen molar-refractivity contribution in [2.45, 2.75) is 13.2 Å². The van der Waals surface area contributed by atoms with Gasteiger partial charge < -0.3 is 28.4 Å². The summed E-state index contributed by atoms with van der Waals surface area (Å²) < 4.78 is 33.1. The lowest BCUT2D eigenvalue weighted by Gasteiger charge is -2.15. The molecule has 0 saturated heterocycles. The molecule has 6 heteroatoms. The van der Waals surface area contributed by atoms with Gasteiger partial charge >= 0.3 is 0 Å². The van der Waals surface area contributed by atoms with E-state index in [1.807, 2.05) is 18.2 Å². The SMILES string of the molecule is COc1c2cccc1COCCOCCOCCOCCOC2. The van der Waals surface area contributed by atoms with E-state index in [-0.39, 0.29) is 0 Å². The van der Waals surface area contributed by atoms with Crippen molar-refractivity contribution < 1.29 is 28.4 Å². The van der Waals surface area contributed by atoms with Crippen LogP contribution in [-0.4, -0.2) is 60.0 Å². The number of rotatable bonds is 1. The summed E-state index contributed by atoms with van der Waals surface area (Å²) in [5.74, 6) is 0.823. The third kappa shape index (κ3) is 6.85. The van der Waals surface area contributed by atoms with Gasteiger partial charge in [-0.1, -0.05) is 18.2 Å². The molecule has 0 unspecified atom stereocenters. The van der Waals surface area contributed by atoms with Gasteiger partial charge in [-0.15, -0.1) is 0 Å². The molecule has 0 fully saturated rings. The summed E-state index contributed by atoms with van der Waals surface area (Å²) in [6, 6.07) is 5.99. The molecule has 2 rings (SSSR count). The highest BCUT2D eigenvalue weighted by molar-refractivity contribution is 5.40. The fourth-order valence-corrected chi connectivity index (χ4v) is 2.27. The molecule has 1 heterocycles. The number of methoxy groups -OCH3 is 1. The Morgan fingerprint density at radius 3 is 1.43 bits per heavy atom. The normalized spacial score (nSPS) is 19.5. The third-order valence-corrected chi connectivity index (χ3v) is 3.39. The molecule has 130 valence electrons. The Kier molecular flexibility index (Phi) is 8.98. The van der Waals surface area contributed by atoms with E-state index in [2.05, 4.69) is 0 Å². The second-order valence-electron chi connectivity index (χ2n) is 5.05. The van der Waals surface area contributed by atoms with Gasteiger partial charge in [0.15, 0.2) is 0 Å². The standard InChI is InChI=1S/C17H26O6/c1-18-17-15-3-2-4-16(17)14-23-12-10-21-8-6-19-5-7-20-9-11-22-13-15/h2-4H,5-14H2,1H3. The van der Waals surface area contributed by atoms with Crippen LogP contribution in [0.25, 0.3) is 0 Å². The maximum absolute atomic E-state index is 5.65. The van der Waals surface area contributed by atoms with E-state index in [4.69, 9.17) is 28.4 Å². The summed E-state index contributed by atoms with van der Waals surface area (Å²) in [6.45, 7) is 5.39. The van der Waals surface area contributed by atoms with Crippen LogP contribution in [0.5, 0.6) is 5.75 Å². The molecular formula is C17H26O6. The monoisotopic (exact) mass is 326 g/mol. The predicted molar refractivity (Wildman–Crippen MR) is 84.8 cm³/mol. The van der Waals surface area contributed by atoms with E-state index in [1.54, 1.807) is 7.11 Å². The minimum atomic E-state index is 0.486. The van der Waals surface area contributed by atoms with Crippen molar-refractivity contribution >= 4 is 0 Å². The fourth-order valence-electron chi connectivity index (χ4n) is 2.27. The second-order valence-corrected chi connectivity index (χ2v) is 5.05. The molecule has 1 aromatic rings. The first-order chi connectivity index (χ1) is 11.4. The number of hydrogen-bond acceptors (Lipinski definition) is 6. The Morgan fingerprint density at radius 2 is 1.04 bits per heavy atom. The zero-order valence-corrected chi connectivity index (χ0v) is 13.8. The van der Waals surface area contributed by atoms with Crippen LogP contribution in [-0.2, 0) is 36.9 Å². The van der Waals surface area contributed by atoms with Gasteiger partial charge in [0.1, 0.15) is 5.75 Å². The molecule has 1 aliphatic rings. The number of hydrogen-bond donors (Lipinski definition) is 0. The van der Waals surface area contributed by atoms with Crippen LogP contribution >= 0.6 is 0 Å². The predicted octanol–water partition coefficient (Wildman–Crippen LogP) is 1.79. The van der Waals surface area contributed by atoms with Crippen LogP contribution in [0.1, 0.15) is 11.1 Å². The zero-order valence-electron chi connectivity index (χ0n) is 13.8. The van der Waals surface area contributed by atoms with Crippen LogP contribution in [0.4, 0.5) is 0 Å². The van der Waals surface area contributed by atoms with Crippen LogP contribution in [0.15, 0.2) is 18.2 Å². The van der Waals surface area contributed by atoms with Gasteiger partial charge in [0.05, 0.1) is 73.2 Å².